The summed E-state index contributed by atoms with van der Waals surface area (Å²) < 4.78 is 14.0. The van der Waals surface area contributed by atoms with Crippen molar-refractivity contribution in [3.63, 3.8) is 0 Å². The number of rotatable bonds is 5. The zero-order valence-electron chi connectivity index (χ0n) is 11.0. The van der Waals surface area contributed by atoms with E-state index in [4.69, 9.17) is 0 Å². The van der Waals surface area contributed by atoms with Gasteiger partial charge in [0.1, 0.15) is 5.82 Å². The second-order valence-electron chi connectivity index (χ2n) is 5.02. The van der Waals surface area contributed by atoms with Crippen molar-refractivity contribution in [1.29, 1.82) is 0 Å². The van der Waals surface area contributed by atoms with Crippen LogP contribution in [-0.2, 0) is 5.33 Å². The molecule has 0 N–H and O–H groups in total. The van der Waals surface area contributed by atoms with E-state index in [1.807, 2.05) is 6.07 Å². The molecule has 1 rings (SSSR count). The van der Waals surface area contributed by atoms with Gasteiger partial charge in [-0.25, -0.2) is 4.39 Å². The first kappa shape index (κ1) is 14.5. The molecular formula is C14H21BrFN. The van der Waals surface area contributed by atoms with Crippen LogP contribution < -0.4 is 4.90 Å². The van der Waals surface area contributed by atoms with Gasteiger partial charge in [0.2, 0.25) is 0 Å². The van der Waals surface area contributed by atoms with Gasteiger partial charge >= 0.3 is 0 Å². The molecule has 0 heterocycles. The maximum Gasteiger partial charge on any atom is 0.146 e. The summed E-state index contributed by atoms with van der Waals surface area (Å²) in [6.45, 7) is 9.40. The van der Waals surface area contributed by atoms with Gasteiger partial charge < -0.3 is 4.90 Å². The summed E-state index contributed by atoms with van der Waals surface area (Å²) in [4.78, 5) is 2.15. The normalized spacial score (nSPS) is 11.3. The van der Waals surface area contributed by atoms with Crippen molar-refractivity contribution < 1.29 is 4.39 Å². The van der Waals surface area contributed by atoms with Crippen molar-refractivity contribution in [2.24, 2.45) is 5.92 Å². The lowest BCUT2D eigenvalue weighted by molar-refractivity contribution is 0.548. The van der Waals surface area contributed by atoms with Gasteiger partial charge in [-0.05, 0) is 31.4 Å². The van der Waals surface area contributed by atoms with E-state index in [2.05, 4.69) is 48.5 Å². The third kappa shape index (κ3) is 3.70. The summed E-state index contributed by atoms with van der Waals surface area (Å²) in [5, 5.41) is 0.682. The maximum atomic E-state index is 14.0. The van der Waals surface area contributed by atoms with Crippen molar-refractivity contribution in [2.75, 3.05) is 11.4 Å². The first-order valence-electron chi connectivity index (χ1n) is 6.07. The van der Waals surface area contributed by atoms with Crippen LogP contribution in [0.3, 0.4) is 0 Å². The zero-order valence-corrected chi connectivity index (χ0v) is 12.6. The summed E-state index contributed by atoms with van der Waals surface area (Å²) >= 11 is 3.43. The van der Waals surface area contributed by atoms with Crippen LogP contribution in [0.5, 0.6) is 0 Å². The van der Waals surface area contributed by atoms with Crippen LogP contribution in [0.15, 0.2) is 18.2 Å². The number of hydrogen-bond donors (Lipinski definition) is 0. The zero-order chi connectivity index (χ0) is 13.0. The van der Waals surface area contributed by atoms with Crippen LogP contribution in [-0.4, -0.2) is 12.6 Å². The van der Waals surface area contributed by atoms with E-state index >= 15 is 0 Å². The van der Waals surface area contributed by atoms with E-state index in [0.29, 0.717) is 17.3 Å². The minimum absolute atomic E-state index is 0.128. The maximum absolute atomic E-state index is 14.0. The molecule has 0 aliphatic carbocycles. The number of benzene rings is 1. The number of halogens is 2. The topological polar surface area (TPSA) is 3.24 Å². The number of para-hydroxylation sites is 1. The summed E-state index contributed by atoms with van der Waals surface area (Å²) in [6, 6.07) is 5.58. The highest BCUT2D eigenvalue weighted by Gasteiger charge is 2.18. The smallest absolute Gasteiger partial charge is 0.146 e. The second-order valence-corrected chi connectivity index (χ2v) is 5.58. The van der Waals surface area contributed by atoms with Gasteiger partial charge in [-0.3, -0.25) is 0 Å². The van der Waals surface area contributed by atoms with Crippen molar-refractivity contribution in [3.05, 3.63) is 29.6 Å². The van der Waals surface area contributed by atoms with E-state index in [1.165, 1.54) is 6.07 Å². The van der Waals surface area contributed by atoms with Crippen LogP contribution >= 0.6 is 15.9 Å². The molecule has 0 aliphatic rings. The Labute approximate surface area is 112 Å². The quantitative estimate of drug-likeness (QED) is 0.719. The predicted molar refractivity (Wildman–Crippen MR) is 76.4 cm³/mol. The molecule has 0 aliphatic heterocycles. The molecule has 0 saturated heterocycles. The standard InChI is InChI=1S/C14H21BrFN/c1-10(2)9-17(11(3)4)14-12(8-15)6-5-7-13(14)16/h5-7,10-11H,8-9H2,1-4H3. The summed E-state index contributed by atoms with van der Waals surface area (Å²) in [6.07, 6.45) is 0. The van der Waals surface area contributed by atoms with E-state index in [-0.39, 0.29) is 5.82 Å². The lowest BCUT2D eigenvalue weighted by Crippen LogP contribution is -2.35. The van der Waals surface area contributed by atoms with Gasteiger partial charge in [-0.2, -0.15) is 0 Å². The molecule has 3 heteroatoms. The Morgan fingerprint density at radius 2 is 1.88 bits per heavy atom. The fourth-order valence-corrected chi connectivity index (χ4v) is 2.40. The summed E-state index contributed by atoms with van der Waals surface area (Å²) in [5.41, 5.74) is 1.76. The van der Waals surface area contributed by atoms with E-state index in [0.717, 1.165) is 17.8 Å². The van der Waals surface area contributed by atoms with Gasteiger partial charge in [0.25, 0.3) is 0 Å². The molecule has 17 heavy (non-hydrogen) atoms. The Bertz CT molecular complexity index is 363. The number of alkyl halides is 1. The highest BCUT2D eigenvalue weighted by molar-refractivity contribution is 9.08. The fraction of sp³-hybridized carbons (Fsp3) is 0.571. The van der Waals surface area contributed by atoms with Crippen LogP contribution in [0.2, 0.25) is 0 Å². The molecule has 0 spiro atoms. The molecule has 0 saturated carbocycles. The molecule has 0 bridgehead atoms. The van der Waals surface area contributed by atoms with Crippen LogP contribution in [0.1, 0.15) is 33.3 Å². The lowest BCUT2D eigenvalue weighted by Gasteiger charge is -2.32. The van der Waals surface area contributed by atoms with Crippen LogP contribution in [0.25, 0.3) is 0 Å². The minimum Gasteiger partial charge on any atom is -0.366 e. The Kier molecular flexibility index (Phi) is 5.44. The Balaban J connectivity index is 3.17. The number of nitrogens with zero attached hydrogens (tertiary/aromatic N) is 1. The molecular weight excluding hydrogens is 281 g/mol. The average Bonchev–Trinajstić information content (AvgIpc) is 2.25. The average molecular weight is 302 g/mol. The molecule has 1 aromatic carbocycles. The monoisotopic (exact) mass is 301 g/mol. The molecule has 0 aromatic heterocycles. The molecule has 1 aromatic rings. The van der Waals surface area contributed by atoms with Gasteiger partial charge in [0.15, 0.2) is 0 Å². The Hall–Kier alpha value is -0.570. The Morgan fingerprint density at radius 3 is 2.35 bits per heavy atom. The predicted octanol–water partition coefficient (Wildman–Crippen LogP) is 4.59. The van der Waals surface area contributed by atoms with E-state index < -0.39 is 0 Å². The summed E-state index contributed by atoms with van der Waals surface area (Å²) in [5.74, 6) is 0.386. The van der Waals surface area contributed by atoms with Crippen molar-refractivity contribution in [1.82, 2.24) is 0 Å². The van der Waals surface area contributed by atoms with E-state index in [1.54, 1.807) is 6.07 Å². The Morgan fingerprint density at radius 1 is 1.24 bits per heavy atom. The van der Waals surface area contributed by atoms with Crippen molar-refractivity contribution in [3.8, 4) is 0 Å². The second kappa shape index (κ2) is 6.39. The number of hydrogen-bond acceptors (Lipinski definition) is 1. The fourth-order valence-electron chi connectivity index (χ4n) is 1.94. The van der Waals surface area contributed by atoms with Gasteiger partial charge in [0.05, 0.1) is 5.69 Å². The third-order valence-corrected chi connectivity index (χ3v) is 3.29. The molecule has 0 fully saturated rings. The SMILES string of the molecule is CC(C)CN(c1c(F)cccc1CBr)C(C)C. The molecule has 0 unspecified atom stereocenters. The number of anilines is 1. The molecule has 0 radical (unpaired) electrons. The van der Waals surface area contributed by atoms with Crippen molar-refractivity contribution in [2.45, 2.75) is 39.1 Å². The lowest BCUT2D eigenvalue weighted by atomic mass is 10.1. The van der Waals surface area contributed by atoms with E-state index in [9.17, 15) is 4.39 Å². The largest absolute Gasteiger partial charge is 0.366 e. The first-order chi connectivity index (χ1) is 7.97. The first-order valence-corrected chi connectivity index (χ1v) is 7.19. The third-order valence-electron chi connectivity index (χ3n) is 2.69. The minimum atomic E-state index is -0.128. The molecule has 96 valence electrons. The summed E-state index contributed by atoms with van der Waals surface area (Å²) in [7, 11) is 0. The highest BCUT2D eigenvalue weighted by atomic mass is 79.9. The van der Waals surface area contributed by atoms with Gasteiger partial charge in [-0.1, -0.05) is 41.9 Å². The highest BCUT2D eigenvalue weighted by Crippen LogP contribution is 2.28. The van der Waals surface area contributed by atoms with Crippen molar-refractivity contribution >= 4 is 21.6 Å². The molecule has 1 nitrogen and oxygen atoms in total. The molecule has 0 atom stereocenters. The van der Waals surface area contributed by atoms with Gasteiger partial charge in [-0.15, -0.1) is 0 Å². The van der Waals surface area contributed by atoms with Crippen LogP contribution in [0, 0.1) is 11.7 Å². The van der Waals surface area contributed by atoms with Gasteiger partial charge in [0, 0.05) is 17.9 Å². The van der Waals surface area contributed by atoms with Crippen LogP contribution in [0.4, 0.5) is 10.1 Å². The molecule has 0 amide bonds.